The van der Waals surface area contributed by atoms with Crippen molar-refractivity contribution in [3.8, 4) is 0 Å². The molecule has 1 aliphatic carbocycles. The highest BCUT2D eigenvalue weighted by atomic mass is 15.2. The van der Waals surface area contributed by atoms with Crippen LogP contribution in [0.15, 0.2) is 24.3 Å². The van der Waals surface area contributed by atoms with Crippen molar-refractivity contribution in [2.75, 3.05) is 24.5 Å². The fraction of sp³-hybridized carbons (Fsp3) is 0.647. The number of hydrogen-bond donors (Lipinski definition) is 1. The molecule has 1 N–H and O–H groups in total. The van der Waals surface area contributed by atoms with Gasteiger partial charge in [-0.3, -0.25) is 0 Å². The summed E-state index contributed by atoms with van der Waals surface area (Å²) >= 11 is 0. The largest absolute Gasteiger partial charge is 0.371 e. The molecule has 1 aliphatic heterocycles. The monoisotopic (exact) mass is 258 g/mol. The van der Waals surface area contributed by atoms with Crippen LogP contribution >= 0.6 is 0 Å². The lowest BCUT2D eigenvalue weighted by Crippen LogP contribution is -2.39. The van der Waals surface area contributed by atoms with Gasteiger partial charge in [-0.15, -0.1) is 0 Å². The van der Waals surface area contributed by atoms with E-state index in [0.717, 1.165) is 12.5 Å². The maximum atomic E-state index is 3.70. The van der Waals surface area contributed by atoms with Crippen LogP contribution in [0.4, 0.5) is 5.69 Å². The zero-order chi connectivity index (χ0) is 13.1. The van der Waals surface area contributed by atoms with E-state index < -0.39 is 0 Å². The van der Waals surface area contributed by atoms with Crippen LogP contribution in [0.5, 0.6) is 0 Å². The van der Waals surface area contributed by atoms with Gasteiger partial charge in [-0.1, -0.05) is 31.5 Å². The first kappa shape index (κ1) is 13.0. The van der Waals surface area contributed by atoms with Crippen molar-refractivity contribution in [3.05, 3.63) is 29.8 Å². The minimum absolute atomic E-state index is 0.564. The second kappa shape index (κ2) is 5.96. The molecule has 2 heteroatoms. The van der Waals surface area contributed by atoms with Crippen molar-refractivity contribution < 1.29 is 0 Å². The van der Waals surface area contributed by atoms with Gasteiger partial charge in [0.25, 0.3) is 0 Å². The molecule has 1 saturated carbocycles. The maximum absolute atomic E-state index is 3.70. The number of nitrogens with one attached hydrogen (secondary N) is 1. The van der Waals surface area contributed by atoms with Crippen LogP contribution < -0.4 is 10.2 Å². The molecule has 0 amide bonds. The number of anilines is 1. The highest BCUT2D eigenvalue weighted by Gasteiger charge is 2.27. The molecule has 2 aliphatic rings. The van der Waals surface area contributed by atoms with Crippen molar-refractivity contribution in [2.45, 2.75) is 45.1 Å². The molecule has 104 valence electrons. The average Bonchev–Trinajstić information content (AvgIpc) is 2.41. The van der Waals surface area contributed by atoms with Gasteiger partial charge >= 0.3 is 0 Å². The summed E-state index contributed by atoms with van der Waals surface area (Å²) in [7, 11) is 0. The highest BCUT2D eigenvalue weighted by molar-refractivity contribution is 5.57. The third-order valence-electron chi connectivity index (χ3n) is 4.68. The SMILES string of the molecule is CCCNC1CCN(CC2CCC2)c2ccccc21. The average molecular weight is 258 g/mol. The minimum Gasteiger partial charge on any atom is -0.371 e. The van der Waals surface area contributed by atoms with E-state index in [1.807, 2.05) is 0 Å². The zero-order valence-corrected chi connectivity index (χ0v) is 12.1. The first-order valence-corrected chi connectivity index (χ1v) is 7.95. The van der Waals surface area contributed by atoms with Crippen LogP contribution in [-0.4, -0.2) is 19.6 Å². The summed E-state index contributed by atoms with van der Waals surface area (Å²) in [5.41, 5.74) is 3.00. The second-order valence-corrected chi connectivity index (χ2v) is 6.10. The van der Waals surface area contributed by atoms with E-state index >= 15 is 0 Å². The molecule has 19 heavy (non-hydrogen) atoms. The Bertz CT molecular complexity index is 411. The van der Waals surface area contributed by atoms with E-state index in [0.29, 0.717) is 6.04 Å². The van der Waals surface area contributed by atoms with E-state index in [9.17, 15) is 0 Å². The highest BCUT2D eigenvalue weighted by Crippen LogP contribution is 2.36. The topological polar surface area (TPSA) is 15.3 Å². The molecular weight excluding hydrogens is 232 g/mol. The van der Waals surface area contributed by atoms with E-state index in [1.165, 1.54) is 56.4 Å². The first-order valence-electron chi connectivity index (χ1n) is 7.95. The molecule has 1 aromatic carbocycles. The molecule has 2 nitrogen and oxygen atoms in total. The van der Waals surface area contributed by atoms with Crippen LogP contribution in [0.25, 0.3) is 0 Å². The van der Waals surface area contributed by atoms with Crippen molar-refractivity contribution in [1.29, 1.82) is 0 Å². The van der Waals surface area contributed by atoms with Crippen LogP contribution in [0.1, 0.15) is 50.6 Å². The Morgan fingerprint density at radius 1 is 1.21 bits per heavy atom. The summed E-state index contributed by atoms with van der Waals surface area (Å²) in [5, 5.41) is 3.70. The Balaban J connectivity index is 1.74. The van der Waals surface area contributed by atoms with Gasteiger partial charge in [0.1, 0.15) is 0 Å². The van der Waals surface area contributed by atoms with Crippen molar-refractivity contribution >= 4 is 5.69 Å². The lowest BCUT2D eigenvalue weighted by Gasteiger charge is -2.40. The molecule has 1 heterocycles. The smallest absolute Gasteiger partial charge is 0.0414 e. The number of rotatable bonds is 5. The van der Waals surface area contributed by atoms with Crippen LogP contribution in [0.2, 0.25) is 0 Å². The third kappa shape index (κ3) is 2.79. The summed E-state index contributed by atoms with van der Waals surface area (Å²) in [6.45, 7) is 5.86. The minimum atomic E-state index is 0.564. The molecular formula is C17H26N2. The fourth-order valence-corrected chi connectivity index (χ4v) is 3.34. The predicted molar refractivity (Wildman–Crippen MR) is 81.6 cm³/mol. The van der Waals surface area contributed by atoms with Gasteiger partial charge in [0.2, 0.25) is 0 Å². The standard InChI is InChI=1S/C17H26N2/c1-2-11-18-16-10-12-19(13-14-6-5-7-14)17-9-4-3-8-15(16)17/h3-4,8-9,14,16,18H,2,5-7,10-13H2,1H3. The summed E-state index contributed by atoms with van der Waals surface area (Å²) in [6.07, 6.45) is 6.79. The van der Waals surface area contributed by atoms with E-state index in [-0.39, 0.29) is 0 Å². The third-order valence-corrected chi connectivity index (χ3v) is 4.68. The molecule has 0 radical (unpaired) electrons. The molecule has 1 atom stereocenters. The van der Waals surface area contributed by atoms with Gasteiger partial charge in [-0.05, 0) is 49.8 Å². The number of hydrogen-bond acceptors (Lipinski definition) is 2. The Morgan fingerprint density at radius 3 is 2.79 bits per heavy atom. The maximum Gasteiger partial charge on any atom is 0.0414 e. The van der Waals surface area contributed by atoms with Crippen LogP contribution in [0, 0.1) is 5.92 Å². The van der Waals surface area contributed by atoms with E-state index in [2.05, 4.69) is 41.4 Å². The molecule has 0 aromatic heterocycles. The second-order valence-electron chi connectivity index (χ2n) is 6.10. The van der Waals surface area contributed by atoms with Gasteiger partial charge in [-0.25, -0.2) is 0 Å². The summed E-state index contributed by atoms with van der Waals surface area (Å²) in [4.78, 5) is 2.63. The van der Waals surface area contributed by atoms with Gasteiger partial charge in [0.15, 0.2) is 0 Å². The van der Waals surface area contributed by atoms with Crippen molar-refractivity contribution in [3.63, 3.8) is 0 Å². The fourth-order valence-electron chi connectivity index (χ4n) is 3.34. The Morgan fingerprint density at radius 2 is 2.05 bits per heavy atom. The lowest BCUT2D eigenvalue weighted by molar-refractivity contribution is 0.312. The van der Waals surface area contributed by atoms with Gasteiger partial charge in [-0.2, -0.15) is 0 Å². The quantitative estimate of drug-likeness (QED) is 0.865. The first-order chi connectivity index (χ1) is 9.38. The Hall–Kier alpha value is -1.02. The molecule has 1 unspecified atom stereocenters. The molecule has 0 bridgehead atoms. The number of para-hydroxylation sites is 1. The van der Waals surface area contributed by atoms with Crippen LogP contribution in [-0.2, 0) is 0 Å². The molecule has 3 rings (SSSR count). The van der Waals surface area contributed by atoms with Gasteiger partial charge in [0, 0.05) is 24.8 Å². The van der Waals surface area contributed by atoms with Crippen molar-refractivity contribution in [1.82, 2.24) is 5.32 Å². The van der Waals surface area contributed by atoms with Gasteiger partial charge < -0.3 is 10.2 Å². The number of nitrogens with zero attached hydrogens (tertiary/aromatic N) is 1. The zero-order valence-electron chi connectivity index (χ0n) is 12.1. The summed E-state index contributed by atoms with van der Waals surface area (Å²) in [6, 6.07) is 9.57. The Labute approximate surface area is 117 Å². The summed E-state index contributed by atoms with van der Waals surface area (Å²) in [5.74, 6) is 0.952. The molecule has 1 fully saturated rings. The van der Waals surface area contributed by atoms with E-state index in [1.54, 1.807) is 0 Å². The molecule has 1 aromatic rings. The predicted octanol–water partition coefficient (Wildman–Crippen LogP) is 3.74. The summed E-state index contributed by atoms with van der Waals surface area (Å²) < 4.78 is 0. The number of fused-ring (bicyclic) bond motifs is 1. The Kier molecular flexibility index (Phi) is 4.07. The van der Waals surface area contributed by atoms with Crippen LogP contribution in [0.3, 0.4) is 0 Å². The number of benzene rings is 1. The van der Waals surface area contributed by atoms with Gasteiger partial charge in [0.05, 0.1) is 0 Å². The lowest BCUT2D eigenvalue weighted by atomic mass is 9.84. The molecule has 0 spiro atoms. The normalized spacial score (nSPS) is 23.0. The van der Waals surface area contributed by atoms with Crippen molar-refractivity contribution in [2.24, 2.45) is 5.92 Å². The molecule has 0 saturated heterocycles. The van der Waals surface area contributed by atoms with E-state index in [4.69, 9.17) is 0 Å².